The van der Waals surface area contributed by atoms with Crippen LogP contribution in [0.1, 0.15) is 50.2 Å². The molecule has 1 aromatic heterocycles. The van der Waals surface area contributed by atoms with E-state index in [-0.39, 0.29) is 24.8 Å². The zero-order chi connectivity index (χ0) is 31.7. The molecule has 0 N–H and O–H groups in total. The van der Waals surface area contributed by atoms with Gasteiger partial charge in [0.05, 0.1) is 45.7 Å². The molecule has 0 aliphatic carbocycles. The summed E-state index contributed by atoms with van der Waals surface area (Å²) in [7, 11) is 2.73. The van der Waals surface area contributed by atoms with Gasteiger partial charge in [-0.3, -0.25) is 9.59 Å². The SMILES string of the molecule is COC(=O)CCCOc1ccccc1C(CC(=O)OC)OCCCCCOc1cc(-c2ccccc2)cc(-c2ccccc2)n1. The van der Waals surface area contributed by atoms with Gasteiger partial charge < -0.3 is 23.7 Å². The minimum Gasteiger partial charge on any atom is -0.493 e. The Balaban J connectivity index is 1.30. The number of carbonyl (C=O) groups is 2. The van der Waals surface area contributed by atoms with E-state index in [1.807, 2.05) is 78.9 Å². The Bertz CT molecular complexity index is 1420. The van der Waals surface area contributed by atoms with Crippen LogP contribution in [0.3, 0.4) is 0 Å². The van der Waals surface area contributed by atoms with Crippen molar-refractivity contribution in [3.63, 3.8) is 0 Å². The lowest BCUT2D eigenvalue weighted by Gasteiger charge is -2.20. The average molecular weight is 612 g/mol. The standard InChI is InChI=1S/C37H41NO7/c1-41-36(39)21-14-24-43-33-20-11-10-19-31(33)34(27-37(40)42-2)44-22-12-5-13-23-45-35-26-30(28-15-6-3-7-16-28)25-32(38-35)29-17-8-4-9-18-29/h3-4,6-11,15-20,25-26,34H,5,12-14,21-24,27H2,1-2H3. The Morgan fingerprint density at radius 2 is 1.29 bits per heavy atom. The monoisotopic (exact) mass is 611 g/mol. The van der Waals surface area contributed by atoms with Crippen molar-refractivity contribution in [2.75, 3.05) is 34.0 Å². The van der Waals surface area contributed by atoms with Crippen LogP contribution in [0.15, 0.2) is 97.1 Å². The number of unbranched alkanes of at least 4 members (excludes halogenated alkanes) is 2. The summed E-state index contributed by atoms with van der Waals surface area (Å²) < 4.78 is 27.9. The number of hydrogen-bond donors (Lipinski definition) is 0. The van der Waals surface area contributed by atoms with Crippen LogP contribution < -0.4 is 9.47 Å². The predicted molar refractivity (Wildman–Crippen MR) is 173 cm³/mol. The fourth-order valence-corrected chi connectivity index (χ4v) is 4.79. The Morgan fingerprint density at radius 3 is 2.02 bits per heavy atom. The van der Waals surface area contributed by atoms with Gasteiger partial charge >= 0.3 is 11.9 Å². The van der Waals surface area contributed by atoms with E-state index in [9.17, 15) is 9.59 Å². The number of esters is 2. The summed E-state index contributed by atoms with van der Waals surface area (Å²) in [6.45, 7) is 1.32. The maximum Gasteiger partial charge on any atom is 0.308 e. The maximum absolute atomic E-state index is 12.2. The molecule has 0 aliphatic rings. The van der Waals surface area contributed by atoms with Gasteiger partial charge in [0.15, 0.2) is 0 Å². The van der Waals surface area contributed by atoms with Crippen LogP contribution in [0.25, 0.3) is 22.4 Å². The highest BCUT2D eigenvalue weighted by Crippen LogP contribution is 2.31. The number of rotatable bonds is 18. The van der Waals surface area contributed by atoms with Gasteiger partial charge in [-0.25, -0.2) is 4.98 Å². The van der Waals surface area contributed by atoms with Gasteiger partial charge in [0.2, 0.25) is 5.88 Å². The van der Waals surface area contributed by atoms with E-state index in [1.54, 1.807) is 0 Å². The van der Waals surface area contributed by atoms with Crippen molar-refractivity contribution in [1.82, 2.24) is 4.98 Å². The molecule has 45 heavy (non-hydrogen) atoms. The molecular formula is C37H41NO7. The first kappa shape index (κ1) is 33.2. The van der Waals surface area contributed by atoms with Crippen molar-refractivity contribution in [1.29, 1.82) is 0 Å². The van der Waals surface area contributed by atoms with Crippen molar-refractivity contribution in [3.8, 4) is 34.0 Å². The third-order valence-corrected chi connectivity index (χ3v) is 7.19. The van der Waals surface area contributed by atoms with Crippen LogP contribution in [0, 0.1) is 0 Å². The van der Waals surface area contributed by atoms with Crippen LogP contribution in [-0.2, 0) is 23.8 Å². The van der Waals surface area contributed by atoms with E-state index in [0.717, 1.165) is 47.2 Å². The number of methoxy groups -OCH3 is 2. The Hall–Kier alpha value is -4.69. The molecule has 8 nitrogen and oxygen atoms in total. The fourth-order valence-electron chi connectivity index (χ4n) is 4.79. The smallest absolute Gasteiger partial charge is 0.308 e. The lowest BCUT2D eigenvalue weighted by Crippen LogP contribution is -2.14. The Labute approximate surface area is 265 Å². The molecule has 4 rings (SSSR count). The number of nitrogens with zero attached hydrogens (tertiary/aromatic N) is 1. The molecule has 0 spiro atoms. The maximum atomic E-state index is 12.2. The van der Waals surface area contributed by atoms with Gasteiger partial charge in [0.25, 0.3) is 0 Å². The van der Waals surface area contributed by atoms with Crippen LogP contribution in [0.2, 0.25) is 0 Å². The second-order valence-corrected chi connectivity index (χ2v) is 10.4. The molecule has 0 amide bonds. The molecule has 0 fully saturated rings. The molecule has 236 valence electrons. The first-order valence-corrected chi connectivity index (χ1v) is 15.3. The largest absolute Gasteiger partial charge is 0.493 e. The van der Waals surface area contributed by atoms with Gasteiger partial charge in [0.1, 0.15) is 5.75 Å². The van der Waals surface area contributed by atoms with Crippen molar-refractivity contribution in [2.45, 2.75) is 44.6 Å². The summed E-state index contributed by atoms with van der Waals surface area (Å²) in [6, 6.07) is 31.8. The van der Waals surface area contributed by atoms with E-state index in [1.165, 1.54) is 14.2 Å². The molecule has 0 saturated carbocycles. The molecule has 0 aliphatic heterocycles. The summed E-state index contributed by atoms with van der Waals surface area (Å²) in [4.78, 5) is 28.4. The van der Waals surface area contributed by atoms with E-state index in [4.69, 9.17) is 23.9 Å². The van der Waals surface area contributed by atoms with E-state index in [2.05, 4.69) is 22.9 Å². The topological polar surface area (TPSA) is 93.2 Å². The van der Waals surface area contributed by atoms with Gasteiger partial charge in [-0.05, 0) is 48.9 Å². The third kappa shape index (κ3) is 10.8. The molecule has 0 saturated heterocycles. The lowest BCUT2D eigenvalue weighted by molar-refractivity contribution is -0.144. The highest BCUT2D eigenvalue weighted by molar-refractivity contribution is 5.72. The third-order valence-electron chi connectivity index (χ3n) is 7.19. The summed E-state index contributed by atoms with van der Waals surface area (Å²) in [5.41, 5.74) is 4.82. The number of aromatic nitrogens is 1. The van der Waals surface area contributed by atoms with E-state index in [0.29, 0.717) is 37.9 Å². The zero-order valence-corrected chi connectivity index (χ0v) is 26.0. The molecule has 1 atom stereocenters. The Morgan fingerprint density at radius 1 is 0.644 bits per heavy atom. The molecule has 4 aromatic rings. The lowest BCUT2D eigenvalue weighted by atomic mass is 10.0. The minimum absolute atomic E-state index is 0.0648. The number of carbonyl (C=O) groups excluding carboxylic acids is 2. The molecular weight excluding hydrogens is 570 g/mol. The fraction of sp³-hybridized carbons (Fsp3) is 0.324. The highest BCUT2D eigenvalue weighted by atomic mass is 16.5. The van der Waals surface area contributed by atoms with Crippen molar-refractivity contribution < 1.29 is 33.3 Å². The summed E-state index contributed by atoms with van der Waals surface area (Å²) in [5.74, 6) is 0.560. The molecule has 3 aromatic carbocycles. The van der Waals surface area contributed by atoms with Gasteiger partial charge in [-0.2, -0.15) is 0 Å². The minimum atomic E-state index is -0.521. The normalized spacial score (nSPS) is 11.4. The van der Waals surface area contributed by atoms with Crippen LogP contribution >= 0.6 is 0 Å². The zero-order valence-electron chi connectivity index (χ0n) is 26.0. The van der Waals surface area contributed by atoms with Gasteiger partial charge in [0, 0.05) is 30.2 Å². The van der Waals surface area contributed by atoms with Crippen LogP contribution in [-0.4, -0.2) is 51.0 Å². The molecule has 0 radical (unpaired) electrons. The number of hydrogen-bond acceptors (Lipinski definition) is 8. The van der Waals surface area contributed by atoms with Crippen molar-refractivity contribution in [3.05, 3.63) is 103 Å². The molecule has 0 bridgehead atoms. The first-order chi connectivity index (χ1) is 22.1. The molecule has 1 heterocycles. The Kier molecular flexibility index (Phi) is 13.4. The van der Waals surface area contributed by atoms with Crippen LogP contribution in [0.5, 0.6) is 11.6 Å². The predicted octanol–water partition coefficient (Wildman–Crippen LogP) is 7.62. The summed E-state index contributed by atoms with van der Waals surface area (Å²) >= 11 is 0. The molecule has 8 heteroatoms. The van der Waals surface area contributed by atoms with E-state index < -0.39 is 6.10 Å². The second-order valence-electron chi connectivity index (χ2n) is 10.4. The van der Waals surface area contributed by atoms with Crippen molar-refractivity contribution in [2.24, 2.45) is 0 Å². The summed E-state index contributed by atoms with van der Waals surface area (Å²) in [6.07, 6.45) is 2.82. The summed E-state index contributed by atoms with van der Waals surface area (Å²) in [5, 5.41) is 0. The molecule has 1 unspecified atom stereocenters. The van der Waals surface area contributed by atoms with Crippen molar-refractivity contribution >= 4 is 11.9 Å². The quantitative estimate of drug-likeness (QED) is 0.0838. The number of para-hydroxylation sites is 1. The first-order valence-electron chi connectivity index (χ1n) is 15.3. The van der Waals surface area contributed by atoms with Gasteiger partial charge in [-0.15, -0.1) is 0 Å². The van der Waals surface area contributed by atoms with Crippen LogP contribution in [0.4, 0.5) is 0 Å². The van der Waals surface area contributed by atoms with Gasteiger partial charge in [-0.1, -0.05) is 78.9 Å². The average Bonchev–Trinajstić information content (AvgIpc) is 3.09. The number of pyridine rings is 1. The number of benzene rings is 3. The second kappa shape index (κ2) is 18.2. The highest BCUT2D eigenvalue weighted by Gasteiger charge is 2.21. The van der Waals surface area contributed by atoms with E-state index >= 15 is 0 Å². The number of ether oxygens (including phenoxy) is 5.